The normalized spacial score (nSPS) is 20.1. The van der Waals surface area contributed by atoms with E-state index in [1.807, 2.05) is 12.1 Å². The van der Waals surface area contributed by atoms with Crippen molar-refractivity contribution in [1.82, 2.24) is 10.3 Å². The van der Waals surface area contributed by atoms with Crippen molar-refractivity contribution in [3.05, 3.63) is 34.3 Å². The Hall–Kier alpha value is -1.55. The van der Waals surface area contributed by atoms with Gasteiger partial charge in [-0.2, -0.15) is 0 Å². The Balaban J connectivity index is 1.73. The largest absolute Gasteiger partial charge is 0.417 e. The highest BCUT2D eigenvalue weighted by atomic mass is 16.4. The van der Waals surface area contributed by atoms with Gasteiger partial charge in [-0.15, -0.1) is 0 Å². The summed E-state index contributed by atoms with van der Waals surface area (Å²) in [5.41, 5.74) is 2.69. The van der Waals surface area contributed by atoms with Crippen molar-refractivity contribution >= 4 is 11.1 Å². The Morgan fingerprint density at radius 1 is 1.41 bits per heavy atom. The summed E-state index contributed by atoms with van der Waals surface area (Å²) in [5.74, 6) is 0.418. The number of aromatic amines is 1. The predicted molar refractivity (Wildman–Crippen MR) is 66.1 cm³/mol. The lowest BCUT2D eigenvalue weighted by atomic mass is 9.99. The fourth-order valence-electron chi connectivity index (χ4n) is 2.48. The van der Waals surface area contributed by atoms with Crippen LogP contribution in [0.25, 0.3) is 11.1 Å². The number of fused-ring (bicyclic) bond motifs is 1. The lowest BCUT2D eigenvalue weighted by Gasteiger charge is -2.07. The highest BCUT2D eigenvalue weighted by Gasteiger charge is 2.14. The van der Waals surface area contributed by atoms with Crippen LogP contribution in [0.3, 0.4) is 0 Å². The molecule has 17 heavy (non-hydrogen) atoms. The first-order valence-corrected chi connectivity index (χ1v) is 6.14. The molecule has 1 aromatic heterocycles. The van der Waals surface area contributed by atoms with E-state index in [-0.39, 0.29) is 5.76 Å². The second-order valence-electron chi connectivity index (χ2n) is 4.74. The first-order valence-electron chi connectivity index (χ1n) is 6.14. The second-order valence-corrected chi connectivity index (χ2v) is 4.74. The van der Waals surface area contributed by atoms with Crippen molar-refractivity contribution in [3.8, 4) is 0 Å². The van der Waals surface area contributed by atoms with Crippen molar-refractivity contribution < 1.29 is 4.42 Å². The molecule has 2 aromatic rings. The Labute approximate surface area is 99.0 Å². The van der Waals surface area contributed by atoms with Gasteiger partial charge in [-0.25, -0.2) is 4.79 Å². The monoisotopic (exact) mass is 232 g/mol. The zero-order valence-electron chi connectivity index (χ0n) is 9.66. The van der Waals surface area contributed by atoms with Gasteiger partial charge in [0.1, 0.15) is 0 Å². The number of hydrogen-bond acceptors (Lipinski definition) is 3. The van der Waals surface area contributed by atoms with E-state index < -0.39 is 0 Å². The predicted octanol–water partition coefficient (Wildman–Crippen LogP) is 1.66. The van der Waals surface area contributed by atoms with Gasteiger partial charge in [0.2, 0.25) is 0 Å². The van der Waals surface area contributed by atoms with Crippen LogP contribution < -0.4 is 11.1 Å². The molecule has 2 heterocycles. The molecular formula is C13H16N2O2. The minimum Gasteiger partial charge on any atom is -0.408 e. The summed E-state index contributed by atoms with van der Waals surface area (Å²) in [7, 11) is 0. The lowest BCUT2D eigenvalue weighted by Crippen LogP contribution is -2.09. The van der Waals surface area contributed by atoms with E-state index in [9.17, 15) is 4.79 Å². The molecule has 2 N–H and O–H groups in total. The molecule has 0 saturated carbocycles. The number of nitrogens with one attached hydrogen (secondary N) is 2. The van der Waals surface area contributed by atoms with Crippen LogP contribution in [-0.2, 0) is 6.42 Å². The maximum Gasteiger partial charge on any atom is 0.417 e. The van der Waals surface area contributed by atoms with E-state index in [1.165, 1.54) is 18.4 Å². The smallest absolute Gasteiger partial charge is 0.408 e. The molecule has 0 radical (unpaired) electrons. The third-order valence-electron chi connectivity index (χ3n) is 3.49. The minimum absolute atomic E-state index is 0.378. The van der Waals surface area contributed by atoms with Gasteiger partial charge in [0.15, 0.2) is 5.58 Å². The van der Waals surface area contributed by atoms with Crippen molar-refractivity contribution in [1.29, 1.82) is 0 Å². The van der Waals surface area contributed by atoms with E-state index in [2.05, 4.69) is 16.4 Å². The van der Waals surface area contributed by atoms with Crippen molar-refractivity contribution in [2.45, 2.75) is 19.3 Å². The maximum atomic E-state index is 11.0. The van der Waals surface area contributed by atoms with Gasteiger partial charge in [0, 0.05) is 0 Å². The number of rotatable bonds is 3. The van der Waals surface area contributed by atoms with Crippen LogP contribution in [-0.4, -0.2) is 18.1 Å². The zero-order valence-corrected chi connectivity index (χ0v) is 9.66. The number of aromatic nitrogens is 1. The second kappa shape index (κ2) is 4.37. The summed E-state index contributed by atoms with van der Waals surface area (Å²) in [5, 5.41) is 3.38. The molecule has 1 saturated heterocycles. The average Bonchev–Trinajstić information content (AvgIpc) is 2.92. The highest BCUT2D eigenvalue weighted by molar-refractivity contribution is 5.72. The minimum atomic E-state index is -0.378. The molecule has 0 amide bonds. The van der Waals surface area contributed by atoms with Gasteiger partial charge < -0.3 is 9.73 Å². The van der Waals surface area contributed by atoms with Crippen LogP contribution >= 0.6 is 0 Å². The van der Waals surface area contributed by atoms with E-state index in [1.54, 1.807) is 0 Å². The summed E-state index contributed by atoms with van der Waals surface area (Å²) in [6.45, 7) is 2.29. The molecule has 1 fully saturated rings. The number of oxazole rings is 1. The molecule has 3 rings (SSSR count). The van der Waals surface area contributed by atoms with Gasteiger partial charge in [-0.3, -0.25) is 4.98 Å². The molecule has 90 valence electrons. The van der Waals surface area contributed by atoms with Crippen LogP contribution in [0.5, 0.6) is 0 Å². The molecule has 1 atom stereocenters. The Morgan fingerprint density at radius 2 is 2.35 bits per heavy atom. The number of hydrogen-bond donors (Lipinski definition) is 2. The fourth-order valence-corrected chi connectivity index (χ4v) is 2.48. The van der Waals surface area contributed by atoms with Gasteiger partial charge >= 0.3 is 5.76 Å². The molecule has 4 heteroatoms. The Morgan fingerprint density at radius 3 is 3.18 bits per heavy atom. The van der Waals surface area contributed by atoms with Gasteiger partial charge in [-0.1, -0.05) is 6.07 Å². The van der Waals surface area contributed by atoms with Crippen LogP contribution in [0.15, 0.2) is 27.4 Å². The van der Waals surface area contributed by atoms with E-state index in [4.69, 9.17) is 4.42 Å². The SMILES string of the molecule is O=c1[nH]c2ccc(CCC3CCNC3)cc2o1. The summed E-state index contributed by atoms with van der Waals surface area (Å²) in [4.78, 5) is 13.7. The molecule has 1 unspecified atom stereocenters. The van der Waals surface area contributed by atoms with Crippen LogP contribution in [0.1, 0.15) is 18.4 Å². The van der Waals surface area contributed by atoms with Gasteiger partial charge in [-0.05, 0) is 56.0 Å². The number of H-pyrrole nitrogens is 1. The number of benzene rings is 1. The third kappa shape index (κ3) is 2.26. The van der Waals surface area contributed by atoms with Crippen LogP contribution in [0.2, 0.25) is 0 Å². The highest BCUT2D eigenvalue weighted by Crippen LogP contribution is 2.18. The first-order chi connectivity index (χ1) is 8.31. The van der Waals surface area contributed by atoms with E-state index in [0.29, 0.717) is 5.58 Å². The summed E-state index contributed by atoms with van der Waals surface area (Å²) < 4.78 is 5.06. The maximum absolute atomic E-state index is 11.0. The topological polar surface area (TPSA) is 58.0 Å². The number of aryl methyl sites for hydroxylation is 1. The molecule has 0 aliphatic carbocycles. The lowest BCUT2D eigenvalue weighted by molar-refractivity contribution is 0.531. The molecule has 0 bridgehead atoms. The summed E-state index contributed by atoms with van der Waals surface area (Å²) in [6.07, 6.45) is 3.53. The standard InChI is InChI=1S/C13H16N2O2/c16-13-15-11-4-3-9(7-12(11)17-13)1-2-10-5-6-14-8-10/h3-4,7,10,14H,1-2,5-6,8H2,(H,15,16). The molecular weight excluding hydrogens is 216 g/mol. The van der Waals surface area contributed by atoms with Crippen LogP contribution in [0.4, 0.5) is 0 Å². The average molecular weight is 232 g/mol. The van der Waals surface area contributed by atoms with Crippen molar-refractivity contribution in [3.63, 3.8) is 0 Å². The van der Waals surface area contributed by atoms with Crippen molar-refractivity contribution in [2.75, 3.05) is 13.1 Å². The molecule has 1 aliphatic heterocycles. The molecule has 1 aromatic carbocycles. The van der Waals surface area contributed by atoms with E-state index >= 15 is 0 Å². The first kappa shape index (κ1) is 10.6. The fraction of sp³-hybridized carbons (Fsp3) is 0.462. The van der Waals surface area contributed by atoms with E-state index in [0.717, 1.165) is 30.9 Å². The van der Waals surface area contributed by atoms with Gasteiger partial charge in [0.25, 0.3) is 0 Å². The zero-order chi connectivity index (χ0) is 11.7. The Kier molecular flexibility index (Phi) is 2.73. The summed E-state index contributed by atoms with van der Waals surface area (Å²) in [6, 6.07) is 5.95. The molecule has 0 spiro atoms. The van der Waals surface area contributed by atoms with Crippen molar-refractivity contribution in [2.24, 2.45) is 5.92 Å². The molecule has 1 aliphatic rings. The van der Waals surface area contributed by atoms with Crippen LogP contribution in [0, 0.1) is 5.92 Å². The molecule has 4 nitrogen and oxygen atoms in total. The van der Waals surface area contributed by atoms with Gasteiger partial charge in [0.05, 0.1) is 5.52 Å². The summed E-state index contributed by atoms with van der Waals surface area (Å²) >= 11 is 0. The third-order valence-corrected chi connectivity index (χ3v) is 3.49. The Bertz CT molecular complexity index is 564. The quantitative estimate of drug-likeness (QED) is 0.846.